The van der Waals surface area contributed by atoms with E-state index >= 15 is 0 Å². The summed E-state index contributed by atoms with van der Waals surface area (Å²) in [4.78, 5) is 7.95. The van der Waals surface area contributed by atoms with Crippen LogP contribution in [0.15, 0.2) is 12.4 Å². The average Bonchev–Trinajstić information content (AvgIpc) is 2.09. The topological polar surface area (TPSA) is 79.2 Å². The molecule has 1 aromatic rings. The van der Waals surface area contributed by atoms with Gasteiger partial charge in [0.05, 0.1) is 13.2 Å². The van der Waals surface area contributed by atoms with Crippen LogP contribution < -0.4 is 15.6 Å². The van der Waals surface area contributed by atoms with E-state index in [0.717, 1.165) is 0 Å². The van der Waals surface area contributed by atoms with Gasteiger partial charge in [0.2, 0.25) is 0 Å². The lowest BCUT2D eigenvalue weighted by Crippen LogP contribution is -2.01. The summed E-state index contributed by atoms with van der Waals surface area (Å²) in [7, 11) is 0. The third-order valence-corrected chi connectivity index (χ3v) is 1.20. The third-order valence-electron chi connectivity index (χ3n) is 1.20. The van der Waals surface area contributed by atoms with Gasteiger partial charge < -0.3 is 15.6 Å². The van der Waals surface area contributed by atoms with Gasteiger partial charge in [0, 0.05) is 12.4 Å². The van der Waals surface area contributed by atoms with Crippen molar-refractivity contribution in [3.8, 4) is 11.8 Å². The number of aromatic nitrogens is 2. The van der Waals surface area contributed by atoms with Crippen molar-refractivity contribution in [2.45, 2.75) is 13.8 Å². The monoisotopic (exact) mass is 185 g/mol. The van der Waals surface area contributed by atoms with E-state index in [1.165, 1.54) is 0 Å². The maximum Gasteiger partial charge on any atom is 0.278 e. The molecule has 1 heterocycles. The highest BCUT2D eigenvalue weighted by Gasteiger charge is 2.04. The molecule has 0 spiro atoms. The molecule has 3 N–H and O–H groups in total. The molecule has 0 aliphatic heterocycles. The smallest absolute Gasteiger partial charge is 0.278 e. The van der Waals surface area contributed by atoms with Crippen LogP contribution in [0.1, 0.15) is 13.8 Å². The number of hydrogen-bond acceptors (Lipinski definition) is 5. The Kier molecular flexibility index (Phi) is 5.54. The quantitative estimate of drug-likeness (QED) is 0.767. The van der Waals surface area contributed by atoms with E-state index in [9.17, 15) is 0 Å². The minimum atomic E-state index is 0. The molecule has 0 amide bonds. The Labute approximate surface area is 77.7 Å². The first-order valence-corrected chi connectivity index (χ1v) is 3.95. The summed E-state index contributed by atoms with van der Waals surface area (Å²) >= 11 is 0. The summed E-state index contributed by atoms with van der Waals surface area (Å²) in [6.45, 7) is 4.92. The molecule has 0 atom stereocenters. The first-order chi connectivity index (χ1) is 5.88. The number of rotatable bonds is 4. The van der Waals surface area contributed by atoms with Crippen LogP contribution in [0.3, 0.4) is 0 Å². The van der Waals surface area contributed by atoms with Crippen LogP contribution in [-0.2, 0) is 0 Å². The van der Waals surface area contributed by atoms with Gasteiger partial charge in [-0.25, -0.2) is 9.97 Å². The van der Waals surface area contributed by atoms with Gasteiger partial charge in [-0.15, -0.1) is 0 Å². The molecule has 1 aromatic heterocycles. The van der Waals surface area contributed by atoms with Crippen molar-refractivity contribution in [3.05, 3.63) is 12.4 Å². The summed E-state index contributed by atoms with van der Waals surface area (Å²) < 4.78 is 10.4. The van der Waals surface area contributed by atoms with Gasteiger partial charge in [-0.05, 0) is 13.8 Å². The van der Waals surface area contributed by atoms with Crippen LogP contribution in [0.5, 0.6) is 11.8 Å². The predicted molar refractivity (Wildman–Crippen MR) is 49.4 cm³/mol. The van der Waals surface area contributed by atoms with Crippen molar-refractivity contribution in [2.24, 2.45) is 0 Å². The van der Waals surface area contributed by atoms with E-state index in [1.54, 1.807) is 12.4 Å². The largest absolute Gasteiger partial charge is 0.474 e. The van der Waals surface area contributed by atoms with Gasteiger partial charge in [0.15, 0.2) is 0 Å². The fraction of sp³-hybridized carbons (Fsp3) is 0.500. The second kappa shape index (κ2) is 6.19. The minimum Gasteiger partial charge on any atom is -0.474 e. The molecule has 0 aliphatic rings. The molecule has 1 rings (SSSR count). The molecule has 0 saturated carbocycles. The van der Waals surface area contributed by atoms with Crippen LogP contribution in [0.2, 0.25) is 0 Å². The maximum absolute atomic E-state index is 5.19. The van der Waals surface area contributed by atoms with E-state index in [-0.39, 0.29) is 6.15 Å². The van der Waals surface area contributed by atoms with Crippen LogP contribution in [0.4, 0.5) is 0 Å². The first-order valence-electron chi connectivity index (χ1n) is 3.95. The average molecular weight is 185 g/mol. The molecule has 5 heteroatoms. The van der Waals surface area contributed by atoms with Crippen molar-refractivity contribution < 1.29 is 9.47 Å². The van der Waals surface area contributed by atoms with Gasteiger partial charge in [0.1, 0.15) is 0 Å². The Morgan fingerprint density at radius 1 is 1.00 bits per heavy atom. The Morgan fingerprint density at radius 2 is 1.38 bits per heavy atom. The van der Waals surface area contributed by atoms with Crippen molar-refractivity contribution in [2.75, 3.05) is 13.2 Å². The maximum atomic E-state index is 5.19. The van der Waals surface area contributed by atoms with Crippen molar-refractivity contribution >= 4 is 0 Å². The van der Waals surface area contributed by atoms with Crippen LogP contribution in [0, 0.1) is 0 Å². The van der Waals surface area contributed by atoms with Crippen LogP contribution in [-0.4, -0.2) is 23.2 Å². The molecule has 5 nitrogen and oxygen atoms in total. The van der Waals surface area contributed by atoms with Crippen LogP contribution >= 0.6 is 0 Å². The molecule has 0 fully saturated rings. The number of hydrogen-bond donors (Lipinski definition) is 1. The van der Waals surface area contributed by atoms with E-state index in [1.807, 2.05) is 13.8 Å². The Balaban J connectivity index is 0.00000144. The van der Waals surface area contributed by atoms with E-state index < -0.39 is 0 Å². The van der Waals surface area contributed by atoms with Gasteiger partial charge >= 0.3 is 0 Å². The molecule has 0 unspecified atom stereocenters. The lowest BCUT2D eigenvalue weighted by atomic mass is 10.6. The summed E-state index contributed by atoms with van der Waals surface area (Å²) in [6.07, 6.45) is 3.15. The normalized spacial score (nSPS) is 8.77. The van der Waals surface area contributed by atoms with E-state index in [2.05, 4.69) is 9.97 Å². The molecule has 0 aromatic carbocycles. The lowest BCUT2D eigenvalue weighted by molar-refractivity contribution is 0.268. The van der Waals surface area contributed by atoms with E-state index in [4.69, 9.17) is 9.47 Å². The zero-order chi connectivity index (χ0) is 8.81. The number of nitrogens with zero attached hydrogens (tertiary/aromatic N) is 2. The minimum absolute atomic E-state index is 0. The van der Waals surface area contributed by atoms with E-state index in [0.29, 0.717) is 25.0 Å². The highest BCUT2D eigenvalue weighted by Crippen LogP contribution is 2.19. The Morgan fingerprint density at radius 3 is 1.69 bits per heavy atom. The molecule has 0 saturated heterocycles. The van der Waals surface area contributed by atoms with Crippen molar-refractivity contribution in [3.63, 3.8) is 0 Å². The summed E-state index contributed by atoms with van der Waals surface area (Å²) in [5.41, 5.74) is 0. The lowest BCUT2D eigenvalue weighted by Gasteiger charge is -2.06. The zero-order valence-corrected chi connectivity index (χ0v) is 7.99. The second-order valence-electron chi connectivity index (χ2n) is 2.03. The number of ether oxygens (including phenoxy) is 2. The molecule has 13 heavy (non-hydrogen) atoms. The summed E-state index contributed by atoms with van der Waals surface area (Å²) in [5, 5.41) is 0. The van der Waals surface area contributed by atoms with Gasteiger partial charge in [-0.3, -0.25) is 0 Å². The van der Waals surface area contributed by atoms with Gasteiger partial charge in [-0.1, -0.05) is 0 Å². The Hall–Kier alpha value is -1.36. The molecule has 0 aliphatic carbocycles. The van der Waals surface area contributed by atoms with Crippen molar-refractivity contribution in [1.82, 2.24) is 16.1 Å². The second-order valence-corrected chi connectivity index (χ2v) is 2.03. The fourth-order valence-electron chi connectivity index (χ4n) is 0.784. The summed E-state index contributed by atoms with van der Waals surface area (Å²) in [5.74, 6) is 0.920. The standard InChI is InChI=1S/C8H12N2O2.H3N/c1-3-11-7-8(12-4-2)10-6-5-9-7;/h5-6H,3-4H2,1-2H3;1H3. The molecular weight excluding hydrogens is 170 g/mol. The fourth-order valence-corrected chi connectivity index (χ4v) is 0.784. The first kappa shape index (κ1) is 11.6. The summed E-state index contributed by atoms with van der Waals surface area (Å²) in [6, 6.07) is 0. The molecular formula is C8H15N3O2. The van der Waals surface area contributed by atoms with Gasteiger partial charge in [-0.2, -0.15) is 0 Å². The third kappa shape index (κ3) is 3.25. The Bertz CT molecular complexity index is 218. The predicted octanol–water partition coefficient (Wildman–Crippen LogP) is 1.44. The highest BCUT2D eigenvalue weighted by atomic mass is 16.5. The van der Waals surface area contributed by atoms with Crippen molar-refractivity contribution in [1.29, 1.82) is 0 Å². The molecule has 0 radical (unpaired) electrons. The molecule has 74 valence electrons. The SMILES string of the molecule is CCOc1nccnc1OCC.N. The molecule has 0 bridgehead atoms. The zero-order valence-electron chi connectivity index (χ0n) is 7.99. The highest BCUT2D eigenvalue weighted by molar-refractivity contribution is 5.23. The van der Waals surface area contributed by atoms with Gasteiger partial charge in [0.25, 0.3) is 11.8 Å². The van der Waals surface area contributed by atoms with Crippen LogP contribution in [0.25, 0.3) is 0 Å².